The molecule has 0 bridgehead atoms. The highest BCUT2D eigenvalue weighted by atomic mass is 16.3. The van der Waals surface area contributed by atoms with Gasteiger partial charge in [-0.3, -0.25) is 0 Å². The normalized spacial score (nSPS) is 33.1. The van der Waals surface area contributed by atoms with E-state index in [1.54, 1.807) is 5.57 Å². The molecule has 0 aliphatic heterocycles. The van der Waals surface area contributed by atoms with Gasteiger partial charge in [0.2, 0.25) is 0 Å². The van der Waals surface area contributed by atoms with Gasteiger partial charge >= 0.3 is 0 Å². The Labute approximate surface area is 87.2 Å². The van der Waals surface area contributed by atoms with Crippen LogP contribution in [0.3, 0.4) is 0 Å². The van der Waals surface area contributed by atoms with Crippen LogP contribution in [0.5, 0.6) is 0 Å². The molecule has 1 atom stereocenters. The molecule has 0 saturated heterocycles. The van der Waals surface area contributed by atoms with E-state index in [2.05, 4.69) is 19.9 Å². The van der Waals surface area contributed by atoms with Crippen molar-refractivity contribution in [3.05, 3.63) is 11.6 Å². The van der Waals surface area contributed by atoms with Crippen molar-refractivity contribution in [1.82, 2.24) is 0 Å². The predicted octanol–water partition coefficient (Wildman–Crippen LogP) is 3.28. The van der Waals surface area contributed by atoms with Gasteiger partial charge < -0.3 is 5.11 Å². The first-order valence-corrected chi connectivity index (χ1v) is 5.95. The average Bonchev–Trinajstić information content (AvgIpc) is 2.51. The van der Waals surface area contributed by atoms with Gasteiger partial charge in [-0.15, -0.1) is 0 Å². The number of hydrogen-bond donors (Lipinski definition) is 1. The molecule has 0 aromatic carbocycles. The molecule has 2 aliphatic rings. The Kier molecular flexibility index (Phi) is 2.70. The van der Waals surface area contributed by atoms with Crippen LogP contribution in [0.4, 0.5) is 0 Å². The Morgan fingerprint density at radius 1 is 1.29 bits per heavy atom. The van der Waals surface area contributed by atoms with Crippen molar-refractivity contribution in [2.45, 2.75) is 58.5 Å². The smallest absolute Gasteiger partial charge is 0.0728 e. The molecule has 2 aliphatic carbocycles. The van der Waals surface area contributed by atoms with Gasteiger partial charge in [0.05, 0.1) is 6.10 Å². The van der Waals surface area contributed by atoms with E-state index in [0.717, 1.165) is 12.3 Å². The molecule has 0 spiro atoms. The summed E-state index contributed by atoms with van der Waals surface area (Å²) >= 11 is 0. The molecule has 1 saturated carbocycles. The summed E-state index contributed by atoms with van der Waals surface area (Å²) in [5.41, 5.74) is 1.86. The lowest BCUT2D eigenvalue weighted by Gasteiger charge is -2.34. The number of rotatable bonds is 1. The Hall–Kier alpha value is -0.300. The number of aliphatic hydroxyl groups excluding tert-OH is 1. The molecule has 2 rings (SSSR count). The van der Waals surface area contributed by atoms with E-state index >= 15 is 0 Å². The van der Waals surface area contributed by atoms with Gasteiger partial charge in [0.15, 0.2) is 0 Å². The molecule has 1 fully saturated rings. The summed E-state index contributed by atoms with van der Waals surface area (Å²) in [6.45, 7) is 4.55. The van der Waals surface area contributed by atoms with Crippen LogP contribution in [0.2, 0.25) is 0 Å². The first-order valence-electron chi connectivity index (χ1n) is 5.95. The minimum absolute atomic E-state index is 0.186. The summed E-state index contributed by atoms with van der Waals surface area (Å²) in [7, 11) is 0. The summed E-state index contributed by atoms with van der Waals surface area (Å²) in [4.78, 5) is 0. The van der Waals surface area contributed by atoms with Crippen molar-refractivity contribution in [3.63, 3.8) is 0 Å². The molecule has 0 amide bonds. The van der Waals surface area contributed by atoms with Crippen molar-refractivity contribution in [3.8, 4) is 0 Å². The Bertz CT molecular complexity index is 234. The van der Waals surface area contributed by atoms with Gasteiger partial charge in [-0.2, -0.15) is 0 Å². The third-order valence-corrected chi connectivity index (χ3v) is 3.73. The molecule has 80 valence electrons. The monoisotopic (exact) mass is 194 g/mol. The van der Waals surface area contributed by atoms with Crippen LogP contribution < -0.4 is 0 Å². The fraction of sp³-hybridized carbons (Fsp3) is 0.846. The van der Waals surface area contributed by atoms with Gasteiger partial charge in [0, 0.05) is 0 Å². The summed E-state index contributed by atoms with van der Waals surface area (Å²) in [5.74, 6) is 0.796. The number of aliphatic hydroxyl groups is 1. The second kappa shape index (κ2) is 3.69. The van der Waals surface area contributed by atoms with E-state index in [-0.39, 0.29) is 6.10 Å². The Balaban J connectivity index is 2.10. The van der Waals surface area contributed by atoms with Gasteiger partial charge in [0.1, 0.15) is 0 Å². The zero-order valence-electron chi connectivity index (χ0n) is 9.42. The standard InChI is InChI=1S/C13H22O/c1-13(2)8-11(7-12(14)9-13)10-5-3-4-6-10/h7,10,12,14H,3-6,8-9H2,1-2H3. The van der Waals surface area contributed by atoms with Gasteiger partial charge in [-0.1, -0.05) is 38.3 Å². The van der Waals surface area contributed by atoms with E-state index in [1.165, 1.54) is 32.1 Å². The molecule has 0 aromatic heterocycles. The molecule has 0 heterocycles. The first-order chi connectivity index (χ1) is 6.57. The molecule has 14 heavy (non-hydrogen) atoms. The SMILES string of the molecule is CC1(C)CC(C2CCCC2)=CC(O)C1. The highest BCUT2D eigenvalue weighted by Crippen LogP contribution is 2.42. The van der Waals surface area contributed by atoms with E-state index in [4.69, 9.17) is 0 Å². The Morgan fingerprint density at radius 3 is 2.50 bits per heavy atom. The van der Waals surface area contributed by atoms with E-state index < -0.39 is 0 Å². The van der Waals surface area contributed by atoms with Crippen LogP contribution in [0.25, 0.3) is 0 Å². The van der Waals surface area contributed by atoms with Crippen molar-refractivity contribution in [1.29, 1.82) is 0 Å². The predicted molar refractivity (Wildman–Crippen MR) is 59.1 cm³/mol. The summed E-state index contributed by atoms with van der Waals surface area (Å²) in [5, 5.41) is 9.80. The van der Waals surface area contributed by atoms with Gasteiger partial charge in [-0.25, -0.2) is 0 Å². The van der Waals surface area contributed by atoms with Crippen molar-refractivity contribution in [2.24, 2.45) is 11.3 Å². The largest absolute Gasteiger partial charge is 0.389 e. The fourth-order valence-corrected chi connectivity index (χ4v) is 3.13. The summed E-state index contributed by atoms with van der Waals surface area (Å²) in [6.07, 6.45) is 9.58. The topological polar surface area (TPSA) is 20.2 Å². The van der Waals surface area contributed by atoms with Crippen LogP contribution in [-0.4, -0.2) is 11.2 Å². The third kappa shape index (κ3) is 2.20. The second-order valence-electron chi connectivity index (χ2n) is 5.84. The zero-order valence-corrected chi connectivity index (χ0v) is 9.42. The highest BCUT2D eigenvalue weighted by molar-refractivity contribution is 5.16. The molecular formula is C13H22O. The third-order valence-electron chi connectivity index (χ3n) is 3.73. The maximum atomic E-state index is 9.80. The molecule has 1 N–H and O–H groups in total. The second-order valence-corrected chi connectivity index (χ2v) is 5.84. The average molecular weight is 194 g/mol. The lowest BCUT2D eigenvalue weighted by molar-refractivity contribution is 0.134. The number of allylic oxidation sites excluding steroid dienone is 1. The maximum Gasteiger partial charge on any atom is 0.0728 e. The Morgan fingerprint density at radius 2 is 1.93 bits per heavy atom. The van der Waals surface area contributed by atoms with Crippen LogP contribution in [0.15, 0.2) is 11.6 Å². The van der Waals surface area contributed by atoms with Gasteiger partial charge in [-0.05, 0) is 37.0 Å². The highest BCUT2D eigenvalue weighted by Gasteiger charge is 2.31. The van der Waals surface area contributed by atoms with Gasteiger partial charge in [0.25, 0.3) is 0 Å². The van der Waals surface area contributed by atoms with Crippen LogP contribution in [-0.2, 0) is 0 Å². The van der Waals surface area contributed by atoms with Crippen LogP contribution >= 0.6 is 0 Å². The van der Waals surface area contributed by atoms with Crippen LogP contribution in [0, 0.1) is 11.3 Å². The van der Waals surface area contributed by atoms with Crippen molar-refractivity contribution in [2.75, 3.05) is 0 Å². The number of hydrogen-bond acceptors (Lipinski definition) is 1. The van der Waals surface area contributed by atoms with Crippen molar-refractivity contribution < 1.29 is 5.11 Å². The lowest BCUT2D eigenvalue weighted by atomic mass is 9.73. The van der Waals surface area contributed by atoms with Crippen molar-refractivity contribution >= 4 is 0 Å². The first kappa shape index (κ1) is 10.2. The fourth-order valence-electron chi connectivity index (χ4n) is 3.13. The maximum absolute atomic E-state index is 9.80. The molecule has 0 aromatic rings. The summed E-state index contributed by atoms with van der Waals surface area (Å²) in [6, 6.07) is 0. The van der Waals surface area contributed by atoms with E-state index in [9.17, 15) is 5.11 Å². The zero-order chi connectivity index (χ0) is 10.2. The molecule has 1 heteroatoms. The molecule has 0 radical (unpaired) electrons. The minimum atomic E-state index is -0.186. The minimum Gasteiger partial charge on any atom is -0.389 e. The molecule has 1 nitrogen and oxygen atoms in total. The van der Waals surface area contributed by atoms with E-state index in [0.29, 0.717) is 5.41 Å². The lowest BCUT2D eigenvalue weighted by Crippen LogP contribution is -2.26. The van der Waals surface area contributed by atoms with Crippen LogP contribution in [0.1, 0.15) is 52.4 Å². The van der Waals surface area contributed by atoms with E-state index in [1.807, 2.05) is 0 Å². The molecule has 1 unspecified atom stereocenters. The quantitative estimate of drug-likeness (QED) is 0.635. The molecular weight excluding hydrogens is 172 g/mol. The summed E-state index contributed by atoms with van der Waals surface area (Å²) < 4.78 is 0.